The minimum Gasteiger partial charge on any atom is -0.370 e. The van der Waals surface area contributed by atoms with Crippen LogP contribution in [0.5, 0.6) is 0 Å². The molecule has 1 aromatic rings. The molecule has 7 nitrogen and oxygen atoms in total. The zero-order chi connectivity index (χ0) is 20.2. The lowest BCUT2D eigenvalue weighted by Gasteiger charge is -2.28. The average molecular weight is 392 g/mol. The molecular formula is C16H20F4N4O3. The van der Waals surface area contributed by atoms with Crippen molar-refractivity contribution in [1.29, 1.82) is 0 Å². The Morgan fingerprint density at radius 1 is 1.44 bits per heavy atom. The minimum atomic E-state index is -4.49. The van der Waals surface area contributed by atoms with E-state index in [0.717, 1.165) is 18.0 Å². The molecule has 0 saturated carbocycles. The van der Waals surface area contributed by atoms with Crippen molar-refractivity contribution >= 4 is 23.2 Å². The number of carbonyl (C=O) groups excluding carboxylic acids is 2. The van der Waals surface area contributed by atoms with E-state index < -0.39 is 36.4 Å². The molecule has 0 spiro atoms. The van der Waals surface area contributed by atoms with Gasteiger partial charge in [-0.25, -0.2) is 4.39 Å². The van der Waals surface area contributed by atoms with Crippen LogP contribution < -0.4 is 16.0 Å². The Morgan fingerprint density at radius 2 is 2.15 bits per heavy atom. The number of rotatable bonds is 6. The number of anilines is 2. The number of morpholine rings is 1. The second kappa shape index (κ2) is 8.63. The average Bonchev–Trinajstić information content (AvgIpc) is 2.55. The van der Waals surface area contributed by atoms with Crippen molar-refractivity contribution in [3.05, 3.63) is 24.0 Å². The first-order valence-corrected chi connectivity index (χ1v) is 8.08. The van der Waals surface area contributed by atoms with Gasteiger partial charge in [-0.3, -0.25) is 14.5 Å². The van der Waals surface area contributed by atoms with Gasteiger partial charge in [0.15, 0.2) is 0 Å². The quantitative estimate of drug-likeness (QED) is 0.704. The molecule has 0 aromatic heterocycles. The van der Waals surface area contributed by atoms with Gasteiger partial charge in [0.05, 0.1) is 18.8 Å². The van der Waals surface area contributed by atoms with Crippen molar-refractivity contribution < 1.29 is 31.9 Å². The molecule has 2 rings (SSSR count). The molecule has 150 valence electrons. The van der Waals surface area contributed by atoms with Crippen LogP contribution in [0.2, 0.25) is 0 Å². The summed E-state index contributed by atoms with van der Waals surface area (Å²) in [6.45, 7) is -1.34. The second-order valence-corrected chi connectivity index (χ2v) is 6.04. The van der Waals surface area contributed by atoms with E-state index in [9.17, 15) is 27.2 Å². The molecule has 0 unspecified atom stereocenters. The Hall–Kier alpha value is -2.24. The number of likely N-dealkylation sites (N-methyl/N-ethyl adjacent to an activating group) is 1. The largest absolute Gasteiger partial charge is 0.401 e. The maximum atomic E-state index is 14.4. The first-order chi connectivity index (χ1) is 12.6. The van der Waals surface area contributed by atoms with Gasteiger partial charge in [0.1, 0.15) is 18.5 Å². The fraction of sp³-hybridized carbons (Fsp3) is 0.500. The van der Waals surface area contributed by atoms with Crippen LogP contribution in [-0.4, -0.2) is 68.8 Å². The number of nitrogens with zero attached hydrogens (tertiary/aromatic N) is 2. The number of ether oxygens (including phenoxy) is 1. The van der Waals surface area contributed by atoms with Gasteiger partial charge in [-0.05, 0) is 25.2 Å². The molecule has 1 aliphatic heterocycles. The summed E-state index contributed by atoms with van der Waals surface area (Å²) in [7, 11) is 1.12. The fourth-order valence-electron chi connectivity index (χ4n) is 2.68. The summed E-state index contributed by atoms with van der Waals surface area (Å²) in [5.74, 6) is -1.94. The molecule has 1 saturated heterocycles. The van der Waals surface area contributed by atoms with Crippen molar-refractivity contribution in [1.82, 2.24) is 4.90 Å². The predicted molar refractivity (Wildman–Crippen MR) is 89.7 cm³/mol. The van der Waals surface area contributed by atoms with E-state index in [1.54, 1.807) is 0 Å². The predicted octanol–water partition coefficient (Wildman–Crippen LogP) is 0.949. The number of nitrogens with two attached hydrogens (primary N) is 1. The van der Waals surface area contributed by atoms with Crippen LogP contribution in [0, 0.1) is 5.82 Å². The van der Waals surface area contributed by atoms with Crippen LogP contribution in [0.4, 0.5) is 28.9 Å². The van der Waals surface area contributed by atoms with Crippen LogP contribution in [0.15, 0.2) is 18.2 Å². The van der Waals surface area contributed by atoms with Gasteiger partial charge in [0.2, 0.25) is 5.91 Å². The molecule has 3 N–H and O–H groups in total. The van der Waals surface area contributed by atoms with E-state index in [1.165, 1.54) is 17.0 Å². The summed E-state index contributed by atoms with van der Waals surface area (Å²) < 4.78 is 56.8. The fourth-order valence-corrected chi connectivity index (χ4v) is 2.68. The van der Waals surface area contributed by atoms with Gasteiger partial charge in [0.25, 0.3) is 5.91 Å². The van der Waals surface area contributed by atoms with Gasteiger partial charge >= 0.3 is 6.18 Å². The summed E-state index contributed by atoms with van der Waals surface area (Å²) in [5, 5.41) is 2.35. The van der Waals surface area contributed by atoms with Gasteiger partial charge < -0.3 is 20.7 Å². The van der Waals surface area contributed by atoms with Crippen LogP contribution in [0.3, 0.4) is 0 Å². The SMILES string of the molecule is CN(CC(F)(F)F)[C@@H](CN)C(=O)Nc1ccc(N2CCOCC2=O)c(F)c1. The maximum absolute atomic E-state index is 14.4. The topological polar surface area (TPSA) is 87.9 Å². The molecule has 1 atom stereocenters. The van der Waals surface area contributed by atoms with Crippen LogP contribution >= 0.6 is 0 Å². The zero-order valence-corrected chi connectivity index (χ0v) is 14.6. The number of amides is 2. The number of hydrogen-bond acceptors (Lipinski definition) is 5. The van der Waals surface area contributed by atoms with E-state index in [1.807, 2.05) is 0 Å². The van der Waals surface area contributed by atoms with Gasteiger partial charge in [-0.15, -0.1) is 0 Å². The molecule has 2 amide bonds. The summed E-state index contributed by atoms with van der Waals surface area (Å²) in [6.07, 6.45) is -4.49. The van der Waals surface area contributed by atoms with E-state index in [2.05, 4.69) is 5.32 Å². The van der Waals surface area contributed by atoms with E-state index in [-0.39, 0.29) is 37.7 Å². The molecule has 1 fully saturated rings. The number of hydrogen-bond donors (Lipinski definition) is 2. The number of halogens is 4. The van der Waals surface area contributed by atoms with Crippen molar-refractivity contribution in [3.8, 4) is 0 Å². The Labute approximate surface area is 153 Å². The molecule has 0 bridgehead atoms. The summed E-state index contributed by atoms with van der Waals surface area (Å²) in [6, 6.07) is 2.42. The standard InChI is InChI=1S/C16H20F4N4O3/c1-23(9-16(18,19)20)13(7-21)15(26)22-10-2-3-12(11(17)6-10)24-4-5-27-8-14(24)25/h2-3,6,13H,4-5,7-9,21H2,1H3,(H,22,26)/t13-/m0/s1. The summed E-state index contributed by atoms with van der Waals surface area (Å²) in [5.41, 5.74) is 5.49. The molecule has 1 aliphatic rings. The highest BCUT2D eigenvalue weighted by Crippen LogP contribution is 2.24. The summed E-state index contributed by atoms with van der Waals surface area (Å²) in [4.78, 5) is 26.0. The molecule has 1 aromatic carbocycles. The molecule has 0 radical (unpaired) electrons. The van der Waals surface area contributed by atoms with Crippen molar-refractivity contribution in [3.63, 3.8) is 0 Å². The van der Waals surface area contributed by atoms with Crippen LogP contribution in [0.1, 0.15) is 0 Å². The smallest absolute Gasteiger partial charge is 0.370 e. The number of alkyl halides is 3. The highest BCUT2D eigenvalue weighted by Gasteiger charge is 2.34. The maximum Gasteiger partial charge on any atom is 0.401 e. The zero-order valence-electron chi connectivity index (χ0n) is 14.6. The Kier molecular flexibility index (Phi) is 6.73. The molecule has 27 heavy (non-hydrogen) atoms. The van der Waals surface area contributed by atoms with Crippen molar-refractivity contribution in [2.75, 3.05) is 50.1 Å². The van der Waals surface area contributed by atoms with Crippen LogP contribution in [0.25, 0.3) is 0 Å². The first-order valence-electron chi connectivity index (χ1n) is 8.08. The Balaban J connectivity index is 2.09. The summed E-state index contributed by atoms with van der Waals surface area (Å²) >= 11 is 0. The van der Waals surface area contributed by atoms with Gasteiger partial charge in [-0.1, -0.05) is 0 Å². The van der Waals surface area contributed by atoms with Crippen molar-refractivity contribution in [2.24, 2.45) is 5.73 Å². The molecule has 1 heterocycles. The van der Waals surface area contributed by atoms with Gasteiger partial charge in [0, 0.05) is 18.8 Å². The molecule has 0 aliphatic carbocycles. The lowest BCUT2D eigenvalue weighted by atomic mass is 10.2. The van der Waals surface area contributed by atoms with Crippen molar-refractivity contribution in [2.45, 2.75) is 12.2 Å². The lowest BCUT2D eigenvalue weighted by molar-refractivity contribution is -0.150. The van der Waals surface area contributed by atoms with E-state index in [4.69, 9.17) is 10.5 Å². The number of benzene rings is 1. The lowest BCUT2D eigenvalue weighted by Crippen LogP contribution is -2.49. The Morgan fingerprint density at radius 3 is 2.70 bits per heavy atom. The van der Waals surface area contributed by atoms with Crippen LogP contribution in [-0.2, 0) is 14.3 Å². The van der Waals surface area contributed by atoms with E-state index >= 15 is 0 Å². The van der Waals surface area contributed by atoms with E-state index in [0.29, 0.717) is 0 Å². The Bertz CT molecular complexity index is 699. The minimum absolute atomic E-state index is 0.0332. The monoisotopic (exact) mass is 392 g/mol. The molecular weight excluding hydrogens is 372 g/mol. The number of carbonyl (C=O) groups is 2. The highest BCUT2D eigenvalue weighted by atomic mass is 19.4. The highest BCUT2D eigenvalue weighted by molar-refractivity contribution is 5.97. The first kappa shape index (κ1) is 21.1. The third-order valence-electron chi connectivity index (χ3n) is 3.98. The van der Waals surface area contributed by atoms with Gasteiger partial charge in [-0.2, -0.15) is 13.2 Å². The second-order valence-electron chi connectivity index (χ2n) is 6.04. The number of nitrogens with one attached hydrogen (secondary N) is 1. The molecule has 11 heteroatoms. The normalized spacial score (nSPS) is 16.6. The third kappa shape index (κ3) is 5.62. The third-order valence-corrected chi connectivity index (χ3v) is 3.98.